The number of hydrogen-bond acceptors (Lipinski definition) is 5. The number of amidine groups is 1. The Morgan fingerprint density at radius 3 is 2.83 bits per heavy atom. The molecule has 0 saturated carbocycles. The van der Waals surface area contributed by atoms with Gasteiger partial charge in [-0.25, -0.2) is 4.99 Å². The molecule has 3 aliphatic heterocycles. The van der Waals surface area contributed by atoms with E-state index in [4.69, 9.17) is 10.5 Å². The Labute approximate surface area is 172 Å². The predicted molar refractivity (Wildman–Crippen MR) is 115 cm³/mol. The standard InChI is InChI=1S/C23H31FN4O/c1-4-15-11-17-6-9-29-19(17)12-18(15)13-20-26-21-14(3)10-16(5-2)22(24)27-23(21)28(20)8-7-25/h11-12,20,26H,4-10,13,25H2,1-3H3. The average Bonchev–Trinajstić information content (AvgIpc) is 3.27. The van der Waals surface area contributed by atoms with Crippen molar-refractivity contribution in [2.45, 2.75) is 59.0 Å². The normalized spacial score (nSPS) is 20.9. The summed E-state index contributed by atoms with van der Waals surface area (Å²) in [5.74, 6) is 1.35. The van der Waals surface area contributed by atoms with E-state index in [1.165, 1.54) is 16.7 Å². The minimum Gasteiger partial charge on any atom is -0.493 e. The molecule has 4 rings (SSSR count). The zero-order valence-corrected chi connectivity index (χ0v) is 17.6. The highest BCUT2D eigenvalue weighted by molar-refractivity contribution is 6.01. The van der Waals surface area contributed by atoms with Crippen LogP contribution in [0, 0.1) is 0 Å². The SMILES string of the molecule is CCC1=C(F)N=C2C(=C(C)C1)NC(Cc1cc3c(cc1CC)CCO3)N2CCN. The van der Waals surface area contributed by atoms with E-state index in [-0.39, 0.29) is 12.1 Å². The number of ether oxygens (including phenoxy) is 1. The van der Waals surface area contributed by atoms with Crippen LogP contribution in [0.5, 0.6) is 5.75 Å². The van der Waals surface area contributed by atoms with Gasteiger partial charge in [-0.3, -0.25) is 0 Å². The van der Waals surface area contributed by atoms with E-state index in [1.807, 2.05) is 6.92 Å². The summed E-state index contributed by atoms with van der Waals surface area (Å²) in [6, 6.07) is 4.48. The molecule has 29 heavy (non-hydrogen) atoms. The Morgan fingerprint density at radius 1 is 1.28 bits per heavy atom. The molecule has 3 aliphatic rings. The lowest BCUT2D eigenvalue weighted by molar-refractivity contribution is 0.316. The number of fused-ring (bicyclic) bond motifs is 2. The van der Waals surface area contributed by atoms with Crippen LogP contribution >= 0.6 is 0 Å². The van der Waals surface area contributed by atoms with Gasteiger partial charge in [0.2, 0.25) is 5.95 Å². The van der Waals surface area contributed by atoms with Crippen LogP contribution in [0.2, 0.25) is 0 Å². The first-order chi connectivity index (χ1) is 14.0. The molecule has 156 valence electrons. The van der Waals surface area contributed by atoms with E-state index in [9.17, 15) is 4.39 Å². The van der Waals surface area contributed by atoms with Crippen LogP contribution in [0.3, 0.4) is 0 Å². The summed E-state index contributed by atoms with van der Waals surface area (Å²) in [5.41, 5.74) is 12.7. The summed E-state index contributed by atoms with van der Waals surface area (Å²) in [5, 5.41) is 3.64. The monoisotopic (exact) mass is 398 g/mol. The Balaban J connectivity index is 1.69. The molecule has 5 nitrogen and oxygen atoms in total. The molecule has 0 amide bonds. The van der Waals surface area contributed by atoms with Gasteiger partial charge in [0.05, 0.1) is 12.3 Å². The third-order valence-electron chi connectivity index (χ3n) is 6.19. The maximum Gasteiger partial charge on any atom is 0.214 e. The van der Waals surface area contributed by atoms with Crippen LogP contribution in [0.25, 0.3) is 0 Å². The lowest BCUT2D eigenvalue weighted by Crippen LogP contribution is -2.42. The van der Waals surface area contributed by atoms with Crippen molar-refractivity contribution in [3.05, 3.63) is 51.6 Å². The maximum atomic E-state index is 14.7. The largest absolute Gasteiger partial charge is 0.493 e. The molecule has 3 heterocycles. The fourth-order valence-corrected chi connectivity index (χ4v) is 4.57. The molecule has 1 saturated heterocycles. The number of allylic oxidation sites excluding steroid dienone is 2. The van der Waals surface area contributed by atoms with Crippen LogP contribution in [0.1, 0.15) is 50.3 Å². The van der Waals surface area contributed by atoms with Crippen molar-refractivity contribution in [1.29, 1.82) is 0 Å². The number of aliphatic imine (C=N–C) groups is 1. The van der Waals surface area contributed by atoms with Crippen LogP contribution in [0.4, 0.5) is 4.39 Å². The smallest absolute Gasteiger partial charge is 0.214 e. The summed E-state index contributed by atoms with van der Waals surface area (Å²) in [6.07, 6.45) is 4.05. The van der Waals surface area contributed by atoms with E-state index >= 15 is 0 Å². The molecular weight excluding hydrogens is 367 g/mol. The van der Waals surface area contributed by atoms with E-state index in [1.54, 1.807) is 0 Å². The molecule has 0 aromatic heterocycles. The van der Waals surface area contributed by atoms with E-state index in [0.717, 1.165) is 48.5 Å². The van der Waals surface area contributed by atoms with Crippen molar-refractivity contribution in [3.8, 4) is 5.75 Å². The Bertz CT molecular complexity index is 902. The predicted octanol–water partition coefficient (Wildman–Crippen LogP) is 3.58. The molecule has 1 fully saturated rings. The summed E-state index contributed by atoms with van der Waals surface area (Å²) >= 11 is 0. The zero-order valence-electron chi connectivity index (χ0n) is 17.6. The van der Waals surface area contributed by atoms with Crippen molar-refractivity contribution in [2.24, 2.45) is 10.7 Å². The second-order valence-corrected chi connectivity index (χ2v) is 8.04. The number of rotatable bonds is 6. The molecular formula is C23H31FN4O. The molecule has 6 heteroatoms. The summed E-state index contributed by atoms with van der Waals surface area (Å²) in [6.45, 7) is 8.11. The number of nitrogens with one attached hydrogen (secondary N) is 1. The van der Waals surface area contributed by atoms with Gasteiger partial charge in [0, 0.05) is 25.9 Å². The second-order valence-electron chi connectivity index (χ2n) is 8.04. The number of aryl methyl sites for hydroxylation is 1. The van der Waals surface area contributed by atoms with E-state index in [2.05, 4.69) is 41.2 Å². The summed E-state index contributed by atoms with van der Waals surface area (Å²) < 4.78 is 20.5. The minimum atomic E-state index is -0.346. The fraction of sp³-hybridized carbons (Fsp3) is 0.522. The Kier molecular flexibility index (Phi) is 5.63. The van der Waals surface area contributed by atoms with Gasteiger partial charge in [-0.05, 0) is 60.1 Å². The molecule has 0 bridgehead atoms. The van der Waals surface area contributed by atoms with Crippen molar-refractivity contribution < 1.29 is 9.13 Å². The third kappa shape index (κ3) is 3.66. The van der Waals surface area contributed by atoms with Crippen molar-refractivity contribution in [3.63, 3.8) is 0 Å². The molecule has 0 aliphatic carbocycles. The molecule has 0 spiro atoms. The van der Waals surface area contributed by atoms with Gasteiger partial charge in [-0.2, -0.15) is 4.39 Å². The molecule has 1 atom stereocenters. The highest BCUT2D eigenvalue weighted by Crippen LogP contribution is 2.33. The van der Waals surface area contributed by atoms with Gasteiger partial charge in [-0.15, -0.1) is 0 Å². The molecule has 0 radical (unpaired) electrons. The van der Waals surface area contributed by atoms with Gasteiger partial charge in [0.1, 0.15) is 11.9 Å². The van der Waals surface area contributed by atoms with Gasteiger partial charge in [0.15, 0.2) is 5.84 Å². The number of benzene rings is 1. The fourth-order valence-electron chi connectivity index (χ4n) is 4.57. The van der Waals surface area contributed by atoms with E-state index in [0.29, 0.717) is 31.8 Å². The highest BCUT2D eigenvalue weighted by atomic mass is 19.1. The summed E-state index contributed by atoms with van der Waals surface area (Å²) in [7, 11) is 0. The van der Waals surface area contributed by atoms with Gasteiger partial charge < -0.3 is 20.7 Å². The summed E-state index contributed by atoms with van der Waals surface area (Å²) in [4.78, 5) is 6.52. The van der Waals surface area contributed by atoms with Crippen LogP contribution in [0.15, 0.2) is 39.9 Å². The lowest BCUT2D eigenvalue weighted by Gasteiger charge is -2.26. The first kappa shape index (κ1) is 20.0. The average molecular weight is 399 g/mol. The van der Waals surface area contributed by atoms with Crippen LogP contribution in [-0.2, 0) is 19.3 Å². The van der Waals surface area contributed by atoms with Gasteiger partial charge in [-0.1, -0.05) is 19.9 Å². The van der Waals surface area contributed by atoms with Crippen molar-refractivity contribution in [2.75, 3.05) is 19.7 Å². The minimum absolute atomic E-state index is 0.00276. The molecule has 1 aromatic carbocycles. The topological polar surface area (TPSA) is 62.9 Å². The number of nitrogens with two attached hydrogens (primary N) is 1. The second kappa shape index (κ2) is 8.19. The van der Waals surface area contributed by atoms with Gasteiger partial charge >= 0.3 is 0 Å². The maximum absolute atomic E-state index is 14.7. The van der Waals surface area contributed by atoms with Crippen LogP contribution in [-0.4, -0.2) is 36.6 Å². The molecule has 1 aromatic rings. The first-order valence-corrected chi connectivity index (χ1v) is 10.7. The number of hydrogen-bond donors (Lipinski definition) is 2. The molecule has 1 unspecified atom stereocenters. The zero-order chi connectivity index (χ0) is 20.5. The third-order valence-corrected chi connectivity index (χ3v) is 6.19. The highest BCUT2D eigenvalue weighted by Gasteiger charge is 2.36. The number of halogens is 1. The van der Waals surface area contributed by atoms with Gasteiger partial charge in [0.25, 0.3) is 0 Å². The Hall–Kier alpha value is -2.34. The van der Waals surface area contributed by atoms with E-state index < -0.39 is 0 Å². The molecule has 3 N–H and O–H groups in total. The number of nitrogens with zero attached hydrogens (tertiary/aromatic N) is 2. The first-order valence-electron chi connectivity index (χ1n) is 10.7. The van der Waals surface area contributed by atoms with Crippen molar-refractivity contribution in [1.82, 2.24) is 10.2 Å². The quantitative estimate of drug-likeness (QED) is 0.719. The Morgan fingerprint density at radius 2 is 2.10 bits per heavy atom. The lowest BCUT2D eigenvalue weighted by atomic mass is 9.97. The van der Waals surface area contributed by atoms with Crippen molar-refractivity contribution >= 4 is 5.84 Å². The van der Waals surface area contributed by atoms with Crippen LogP contribution < -0.4 is 15.8 Å².